The zero-order valence-corrected chi connectivity index (χ0v) is 26.8. The highest BCUT2D eigenvalue weighted by molar-refractivity contribution is 7.22. The molecule has 7 rings (SSSR count). The van der Waals surface area contributed by atoms with Crippen LogP contribution in [-0.4, -0.2) is 45.5 Å². The number of hydrogen-bond donors (Lipinski definition) is 3. The second-order valence-electron chi connectivity index (χ2n) is 12.1. The van der Waals surface area contributed by atoms with Crippen LogP contribution in [-0.2, 0) is 13.0 Å². The highest BCUT2D eigenvalue weighted by Gasteiger charge is 2.28. The Morgan fingerprint density at radius 3 is 2.63 bits per heavy atom. The van der Waals surface area contributed by atoms with E-state index in [1.54, 1.807) is 6.20 Å². The van der Waals surface area contributed by atoms with E-state index in [2.05, 4.69) is 26.6 Å². The van der Waals surface area contributed by atoms with Crippen LogP contribution in [0.4, 0.5) is 16.6 Å². The normalized spacial score (nSPS) is 15.0. The fourth-order valence-electron chi connectivity index (χ4n) is 7.01. The third kappa shape index (κ3) is 5.58. The minimum absolute atomic E-state index is 0.00148. The summed E-state index contributed by atoms with van der Waals surface area (Å²) in [7, 11) is 1.81. The van der Waals surface area contributed by atoms with Crippen LogP contribution in [0.1, 0.15) is 81.3 Å². The van der Waals surface area contributed by atoms with Crippen molar-refractivity contribution < 1.29 is 14.7 Å². The molecule has 3 N–H and O–H groups in total. The number of anilines is 3. The summed E-state index contributed by atoms with van der Waals surface area (Å²) in [5.74, 6) is -0.360. The lowest BCUT2D eigenvalue weighted by Crippen LogP contribution is -2.33. The molecule has 234 valence electrons. The van der Waals surface area contributed by atoms with Gasteiger partial charge in [0.15, 0.2) is 10.8 Å². The summed E-state index contributed by atoms with van der Waals surface area (Å²) in [6, 6.07) is 17.4. The van der Waals surface area contributed by atoms with E-state index < -0.39 is 5.97 Å². The van der Waals surface area contributed by atoms with Gasteiger partial charge in [0.05, 0.1) is 10.2 Å². The predicted molar refractivity (Wildman–Crippen MR) is 183 cm³/mol. The molecule has 0 saturated heterocycles. The van der Waals surface area contributed by atoms with Gasteiger partial charge in [-0.25, -0.2) is 14.8 Å². The van der Waals surface area contributed by atoms with Gasteiger partial charge < -0.3 is 15.3 Å². The maximum absolute atomic E-state index is 13.6. The van der Waals surface area contributed by atoms with Gasteiger partial charge in [-0.05, 0) is 72.7 Å². The predicted octanol–water partition coefficient (Wildman–Crippen LogP) is 7.66. The second kappa shape index (κ2) is 12.5. The van der Waals surface area contributed by atoms with E-state index in [9.17, 15) is 14.7 Å². The molecule has 1 aliphatic carbocycles. The van der Waals surface area contributed by atoms with Crippen molar-refractivity contribution in [1.82, 2.24) is 15.0 Å². The number of thiazole rings is 1. The molecule has 1 amide bonds. The summed E-state index contributed by atoms with van der Waals surface area (Å²) in [6.45, 7) is 3.12. The lowest BCUT2D eigenvalue weighted by Gasteiger charge is -2.32. The zero-order valence-electron chi connectivity index (χ0n) is 26.0. The van der Waals surface area contributed by atoms with Crippen LogP contribution in [0.15, 0.2) is 60.8 Å². The SMILES string of the molecule is CNc1cc(N2CCc3cccc(C(=O)Nc4nc5ccccc5s4)c3C2)nc(C(=O)O)c1-c1ccnc(C2CCCCC2)c1C. The lowest BCUT2D eigenvalue weighted by molar-refractivity contribution is 0.0691. The molecule has 10 heteroatoms. The number of hydrogen-bond acceptors (Lipinski definition) is 8. The Morgan fingerprint density at radius 1 is 1.02 bits per heavy atom. The number of fused-ring (bicyclic) bond motifs is 2. The summed E-state index contributed by atoms with van der Waals surface area (Å²) < 4.78 is 1.01. The van der Waals surface area contributed by atoms with E-state index in [4.69, 9.17) is 9.97 Å². The minimum Gasteiger partial charge on any atom is -0.476 e. The quantitative estimate of drug-likeness (QED) is 0.167. The number of aromatic carboxylic acids is 1. The largest absolute Gasteiger partial charge is 0.476 e. The molecule has 0 atom stereocenters. The second-order valence-corrected chi connectivity index (χ2v) is 13.1. The average Bonchev–Trinajstić information content (AvgIpc) is 3.50. The number of aromatic nitrogens is 3. The number of para-hydroxylation sites is 1. The molecule has 46 heavy (non-hydrogen) atoms. The Kier molecular flexibility index (Phi) is 8.12. The molecule has 2 aromatic carbocycles. The summed E-state index contributed by atoms with van der Waals surface area (Å²) >= 11 is 1.44. The fraction of sp³-hybridized carbons (Fsp3) is 0.306. The first-order valence-electron chi connectivity index (χ1n) is 15.9. The highest BCUT2D eigenvalue weighted by atomic mass is 32.1. The molecule has 0 bridgehead atoms. The first-order valence-corrected chi connectivity index (χ1v) is 16.7. The monoisotopic (exact) mass is 632 g/mol. The number of nitrogens with one attached hydrogen (secondary N) is 2. The van der Waals surface area contributed by atoms with Crippen LogP contribution in [0.3, 0.4) is 0 Å². The van der Waals surface area contributed by atoms with Crippen molar-refractivity contribution >= 4 is 50.1 Å². The first kappa shape index (κ1) is 29.9. The number of carboxylic acids is 1. The Hall–Kier alpha value is -4.83. The van der Waals surface area contributed by atoms with Gasteiger partial charge >= 0.3 is 5.97 Å². The topological polar surface area (TPSA) is 120 Å². The number of nitrogens with zero attached hydrogens (tertiary/aromatic N) is 4. The van der Waals surface area contributed by atoms with Gasteiger partial charge in [0.1, 0.15) is 5.82 Å². The molecular formula is C36H36N6O3S. The van der Waals surface area contributed by atoms with Gasteiger partial charge in [-0.1, -0.05) is 54.9 Å². The number of carboxylic acid groups (broad SMARTS) is 1. The van der Waals surface area contributed by atoms with E-state index in [0.29, 0.717) is 53.2 Å². The minimum atomic E-state index is -1.09. The Labute approximate surface area is 271 Å². The number of carbonyl (C=O) groups excluding carboxylic acids is 1. The van der Waals surface area contributed by atoms with Crippen LogP contribution < -0.4 is 15.5 Å². The van der Waals surface area contributed by atoms with Gasteiger partial charge in [-0.15, -0.1) is 0 Å². The average molecular weight is 633 g/mol. The maximum Gasteiger partial charge on any atom is 0.355 e. The number of benzene rings is 2. The Morgan fingerprint density at radius 2 is 1.85 bits per heavy atom. The third-order valence-electron chi connectivity index (χ3n) is 9.34. The molecule has 5 aromatic rings. The Bertz CT molecular complexity index is 1930. The molecule has 0 spiro atoms. The number of rotatable bonds is 7. The zero-order chi connectivity index (χ0) is 31.8. The van der Waals surface area contributed by atoms with Crippen LogP contribution in [0, 0.1) is 6.92 Å². The first-order chi connectivity index (χ1) is 22.4. The summed E-state index contributed by atoms with van der Waals surface area (Å²) in [5.41, 5.74) is 7.61. The van der Waals surface area contributed by atoms with Gasteiger partial charge in [0.25, 0.3) is 5.91 Å². The number of pyridine rings is 2. The van der Waals surface area contributed by atoms with E-state index in [1.165, 1.54) is 30.6 Å². The fourth-order valence-corrected chi connectivity index (χ4v) is 7.87. The van der Waals surface area contributed by atoms with Gasteiger partial charge in [0.2, 0.25) is 0 Å². The van der Waals surface area contributed by atoms with Crippen molar-refractivity contribution in [3.05, 3.63) is 94.4 Å². The molecular weight excluding hydrogens is 597 g/mol. The Balaban J connectivity index is 1.22. The molecule has 2 aliphatic rings. The maximum atomic E-state index is 13.6. The molecule has 4 heterocycles. The van der Waals surface area contributed by atoms with Crippen molar-refractivity contribution in [3.8, 4) is 11.1 Å². The van der Waals surface area contributed by atoms with Crippen molar-refractivity contribution in [2.75, 3.05) is 29.1 Å². The van der Waals surface area contributed by atoms with Crippen molar-refractivity contribution in [3.63, 3.8) is 0 Å². The standard InChI is InChI=1S/C36H36N6O3S/c1-21-24(15-17-38-32(21)23-9-4-3-5-10-23)31-28(37-2)19-30(40-33(31)35(44)45)42-18-16-22-11-8-12-25(26(22)20-42)34(43)41-36-39-27-13-6-7-14-29(27)46-36/h6-8,11-15,17,19,23H,3-5,9-10,16,18,20H2,1-2H3,(H,37,40)(H,44,45)(H,39,41,43). The van der Waals surface area contributed by atoms with E-state index in [0.717, 1.165) is 51.0 Å². The summed E-state index contributed by atoms with van der Waals surface area (Å²) in [6.07, 6.45) is 8.36. The van der Waals surface area contributed by atoms with Crippen molar-refractivity contribution in [2.24, 2.45) is 0 Å². The lowest BCUT2D eigenvalue weighted by atomic mass is 9.83. The van der Waals surface area contributed by atoms with Crippen LogP contribution in [0.25, 0.3) is 21.3 Å². The van der Waals surface area contributed by atoms with Gasteiger partial charge in [-0.3, -0.25) is 15.1 Å². The van der Waals surface area contributed by atoms with Crippen molar-refractivity contribution in [1.29, 1.82) is 0 Å². The van der Waals surface area contributed by atoms with E-state index in [-0.39, 0.29) is 11.6 Å². The molecule has 1 saturated carbocycles. The highest BCUT2D eigenvalue weighted by Crippen LogP contribution is 2.40. The molecule has 1 fully saturated rings. The third-order valence-corrected chi connectivity index (χ3v) is 10.3. The molecule has 3 aromatic heterocycles. The van der Waals surface area contributed by atoms with Gasteiger partial charge in [-0.2, -0.15) is 0 Å². The summed E-state index contributed by atoms with van der Waals surface area (Å²) in [4.78, 5) is 42.5. The molecule has 9 nitrogen and oxygen atoms in total. The summed E-state index contributed by atoms with van der Waals surface area (Å²) in [5, 5.41) is 17.3. The molecule has 0 radical (unpaired) electrons. The van der Waals surface area contributed by atoms with Crippen LogP contribution in [0.2, 0.25) is 0 Å². The van der Waals surface area contributed by atoms with Gasteiger partial charge in [0, 0.05) is 60.8 Å². The molecule has 0 unspecified atom stereocenters. The van der Waals surface area contributed by atoms with E-state index in [1.807, 2.05) is 62.5 Å². The number of amides is 1. The number of carbonyl (C=O) groups is 2. The smallest absolute Gasteiger partial charge is 0.355 e. The van der Waals surface area contributed by atoms with Crippen molar-refractivity contribution in [2.45, 2.75) is 57.9 Å². The molecule has 1 aliphatic heterocycles. The van der Waals surface area contributed by atoms with Crippen LogP contribution in [0.5, 0.6) is 0 Å². The van der Waals surface area contributed by atoms with E-state index >= 15 is 0 Å². The van der Waals surface area contributed by atoms with Crippen LogP contribution >= 0.6 is 11.3 Å².